The molecule has 0 radical (unpaired) electrons. The molecule has 4 rings (SSSR count). The molecule has 4 aliphatic rings. The summed E-state index contributed by atoms with van der Waals surface area (Å²) in [7, 11) is 0. The van der Waals surface area contributed by atoms with Crippen LogP contribution in [0.1, 0.15) is 79.1 Å². The highest BCUT2D eigenvalue weighted by atomic mass is 16.7. The van der Waals surface area contributed by atoms with Gasteiger partial charge in [0.2, 0.25) is 11.7 Å². The number of esters is 1. The molecule has 24 atom stereocenters. The largest absolute Gasteiger partial charge is 0.462 e. The van der Waals surface area contributed by atoms with Gasteiger partial charge in [-0.1, -0.05) is 98.9 Å². The molecule has 5 unspecified atom stereocenters. The zero-order valence-electron chi connectivity index (χ0n) is 46.3. The first-order valence-electron chi connectivity index (χ1n) is 27.6. The third-order valence-electron chi connectivity index (χ3n) is 15.0. The van der Waals surface area contributed by atoms with Gasteiger partial charge in [-0.2, -0.15) is 0 Å². The molecule has 2 bridgehead atoms. The molecule has 0 aliphatic carbocycles. The minimum absolute atomic E-state index is 0.156. The Morgan fingerprint density at radius 3 is 1.90 bits per heavy atom. The molecule has 25 heteroatoms. The molecule has 0 aromatic rings. The van der Waals surface area contributed by atoms with Gasteiger partial charge < -0.3 is 116 Å². The predicted molar refractivity (Wildman–Crippen MR) is 288 cm³/mol. The Balaban J connectivity index is 1.65. The molecule has 25 nitrogen and oxygen atoms in total. The molecule has 3 fully saturated rings. The standard InChI is InChI=1S/C56H90N2O23/c1-31-17-15-13-11-9-7-5-6-8-10-12-14-16-18-39(80-54-51(72)47(49(70)34(4)79-54)58-30-56(76)52(73)50(71)43(67)29-77-56)24-44-46(53(74)57-27-38(63)28-59)42(66)26-55(75,81-44)25-37(62)22-41(65)40(64)20-19-35(60)21-36(61)23-45(68)78-33(3)32(2)48(31)69/h5-18,31-44,46-52,54,58-67,69-73,75-76H,19-30H2,1-4H3,(H,57,74)/b6-5+,9-7+,10-8+,13-11+,14-12+,17-15+,18-16+/t31-,32?,33-,34+,35+,36+,37-,38?,39-,40+,41+,42-,43+,44?,46?,47-,48+,49+,50-,51-,52-,54?,55+,56+/m0/s1. The Bertz CT molecular complexity index is 2110. The Hall–Kier alpha value is -3.72. The molecular weight excluding hydrogens is 1070 g/mol. The van der Waals surface area contributed by atoms with Crippen LogP contribution in [0, 0.1) is 17.8 Å². The summed E-state index contributed by atoms with van der Waals surface area (Å²) in [5, 5.41) is 178. The SMILES string of the molecule is CC1[C@H](C)OC(=O)C[C@H](O)C[C@H](O)CC[C@@H](O)[C@H](O)C[C@H](O)C[C@]2(O)C[C@H](O)C(C(=O)NCC(O)CO)C(C[C@@H](OC3O[C@H](C)[C@@H](O)[C@H](NC[C@@]4(O)OC[C@@H](O)[C@H](O)[C@@H]4O)[C@@H]3O)/C=C/C=C/C=C/C=C/C=C/C=C/C=C/[C@H](C)[C@H]1O)O2. The van der Waals surface area contributed by atoms with Crippen LogP contribution in [0.15, 0.2) is 85.1 Å². The fourth-order valence-corrected chi connectivity index (χ4v) is 9.91. The van der Waals surface area contributed by atoms with Crippen molar-refractivity contribution in [3.8, 4) is 0 Å². The first-order chi connectivity index (χ1) is 38.2. The fraction of sp³-hybridized carbons (Fsp3) is 0.714. The van der Waals surface area contributed by atoms with E-state index in [2.05, 4.69) is 10.6 Å². The number of cyclic esters (lactones) is 1. The number of fused-ring (bicyclic) bond motifs is 2. The highest BCUT2D eigenvalue weighted by Gasteiger charge is 2.53. The molecular formula is C56H90N2O23. The molecule has 4 aliphatic heterocycles. The predicted octanol–water partition coefficient (Wildman–Crippen LogP) is -3.47. The molecule has 0 aromatic carbocycles. The van der Waals surface area contributed by atoms with Crippen molar-refractivity contribution in [2.24, 2.45) is 17.8 Å². The van der Waals surface area contributed by atoms with Crippen LogP contribution in [-0.2, 0) is 33.3 Å². The van der Waals surface area contributed by atoms with E-state index in [-0.39, 0.29) is 25.2 Å². The maximum Gasteiger partial charge on any atom is 0.308 e. The van der Waals surface area contributed by atoms with Crippen LogP contribution in [-0.4, -0.2) is 248 Å². The van der Waals surface area contributed by atoms with Crippen molar-refractivity contribution in [3.63, 3.8) is 0 Å². The Labute approximate surface area is 472 Å². The molecule has 18 N–H and O–H groups in total. The molecule has 4 heterocycles. The maximum absolute atomic E-state index is 13.8. The number of aliphatic hydroxyl groups excluding tert-OH is 14. The van der Waals surface area contributed by atoms with Gasteiger partial charge in [-0.3, -0.25) is 9.59 Å². The summed E-state index contributed by atoms with van der Waals surface area (Å²) in [5.74, 6) is -8.93. The van der Waals surface area contributed by atoms with E-state index in [1.54, 1.807) is 86.8 Å². The third-order valence-corrected chi connectivity index (χ3v) is 15.0. The van der Waals surface area contributed by atoms with E-state index in [1.165, 1.54) is 19.1 Å². The summed E-state index contributed by atoms with van der Waals surface area (Å²) < 4.78 is 29.1. The Morgan fingerprint density at radius 2 is 1.28 bits per heavy atom. The second kappa shape index (κ2) is 33.7. The van der Waals surface area contributed by atoms with Crippen LogP contribution in [0.5, 0.6) is 0 Å². The van der Waals surface area contributed by atoms with Gasteiger partial charge in [0.05, 0.1) is 111 Å². The van der Waals surface area contributed by atoms with E-state index in [0.717, 1.165) is 0 Å². The van der Waals surface area contributed by atoms with Crippen molar-refractivity contribution >= 4 is 11.9 Å². The van der Waals surface area contributed by atoms with Crippen molar-refractivity contribution in [1.82, 2.24) is 10.6 Å². The number of nitrogens with one attached hydrogen (secondary N) is 2. The topological polar surface area (TPSA) is 428 Å². The smallest absolute Gasteiger partial charge is 0.308 e. The summed E-state index contributed by atoms with van der Waals surface area (Å²) in [6.07, 6.45) is -6.03. The van der Waals surface area contributed by atoms with E-state index in [0.29, 0.717) is 0 Å². The van der Waals surface area contributed by atoms with Gasteiger partial charge in [0.1, 0.15) is 30.5 Å². The van der Waals surface area contributed by atoms with E-state index in [9.17, 15) is 91.3 Å². The quantitative estimate of drug-likeness (QED) is 0.0998. The number of allylic oxidation sites excluding steroid dienone is 12. The van der Waals surface area contributed by atoms with Gasteiger partial charge in [0, 0.05) is 44.1 Å². The number of carbonyl (C=O) groups excluding carboxylic acids is 2. The van der Waals surface area contributed by atoms with E-state index < -0.39 is 210 Å². The van der Waals surface area contributed by atoms with Gasteiger partial charge in [-0.15, -0.1) is 0 Å². The number of carbonyl (C=O) groups is 2. The van der Waals surface area contributed by atoms with Crippen molar-refractivity contribution in [1.29, 1.82) is 0 Å². The second-order valence-electron chi connectivity index (χ2n) is 21.8. The molecule has 0 saturated carbocycles. The minimum Gasteiger partial charge on any atom is -0.462 e. The van der Waals surface area contributed by atoms with Crippen LogP contribution in [0.25, 0.3) is 0 Å². The van der Waals surface area contributed by atoms with Crippen molar-refractivity contribution < 1.29 is 115 Å². The number of ether oxygens (including phenoxy) is 5. The van der Waals surface area contributed by atoms with Crippen LogP contribution < -0.4 is 10.6 Å². The van der Waals surface area contributed by atoms with Crippen LogP contribution in [0.2, 0.25) is 0 Å². The first-order valence-corrected chi connectivity index (χ1v) is 27.6. The molecule has 3 saturated heterocycles. The summed E-state index contributed by atoms with van der Waals surface area (Å²) in [5.41, 5.74) is 0. The lowest BCUT2D eigenvalue weighted by molar-refractivity contribution is -0.323. The number of rotatable bonds is 9. The van der Waals surface area contributed by atoms with Crippen molar-refractivity contribution in [2.45, 2.75) is 207 Å². The van der Waals surface area contributed by atoms with Crippen LogP contribution in [0.3, 0.4) is 0 Å². The lowest BCUT2D eigenvalue weighted by atomic mass is 9.82. The van der Waals surface area contributed by atoms with Gasteiger partial charge >= 0.3 is 5.97 Å². The monoisotopic (exact) mass is 1160 g/mol. The summed E-state index contributed by atoms with van der Waals surface area (Å²) >= 11 is 0. The van der Waals surface area contributed by atoms with Gasteiger partial charge in [-0.05, 0) is 33.1 Å². The number of aliphatic hydroxyl groups is 16. The highest BCUT2D eigenvalue weighted by Crippen LogP contribution is 2.38. The molecule has 81 heavy (non-hydrogen) atoms. The maximum atomic E-state index is 13.8. The second-order valence-corrected chi connectivity index (χ2v) is 21.8. The van der Waals surface area contributed by atoms with Crippen LogP contribution in [0.4, 0.5) is 0 Å². The lowest BCUT2D eigenvalue weighted by Crippen LogP contribution is -2.69. The normalized spacial score (nSPS) is 45.0. The molecule has 0 spiro atoms. The number of hydrogen-bond acceptors (Lipinski definition) is 24. The molecule has 0 aromatic heterocycles. The van der Waals surface area contributed by atoms with Gasteiger partial charge in [-0.25, -0.2) is 0 Å². The minimum atomic E-state index is -2.49. The first kappa shape index (κ1) is 69.8. The third kappa shape index (κ3) is 22.0. The van der Waals surface area contributed by atoms with Gasteiger partial charge in [0.25, 0.3) is 0 Å². The van der Waals surface area contributed by atoms with Crippen LogP contribution >= 0.6 is 0 Å². The van der Waals surface area contributed by atoms with Crippen molar-refractivity contribution in [3.05, 3.63) is 85.1 Å². The zero-order valence-corrected chi connectivity index (χ0v) is 46.3. The Morgan fingerprint density at radius 1 is 0.679 bits per heavy atom. The highest BCUT2D eigenvalue weighted by molar-refractivity contribution is 5.80. The lowest BCUT2D eigenvalue weighted by Gasteiger charge is -2.47. The summed E-state index contributed by atoms with van der Waals surface area (Å²) in [6, 6.07) is -1.38. The van der Waals surface area contributed by atoms with Crippen molar-refractivity contribution in [2.75, 3.05) is 26.3 Å². The van der Waals surface area contributed by atoms with Gasteiger partial charge in [0.15, 0.2) is 12.1 Å². The summed E-state index contributed by atoms with van der Waals surface area (Å²) in [4.78, 5) is 26.6. The Kier molecular flexibility index (Phi) is 29.0. The average molecular weight is 1160 g/mol. The van der Waals surface area contributed by atoms with E-state index in [1.807, 2.05) is 6.92 Å². The zero-order chi connectivity index (χ0) is 60.2. The number of hydrogen-bond donors (Lipinski definition) is 18. The summed E-state index contributed by atoms with van der Waals surface area (Å²) in [6.45, 7) is 4.17. The van der Waals surface area contributed by atoms with E-state index in [4.69, 9.17) is 23.7 Å². The van der Waals surface area contributed by atoms with E-state index >= 15 is 0 Å². The molecule has 1 amide bonds. The number of amides is 1. The fourth-order valence-electron chi connectivity index (χ4n) is 9.91. The average Bonchev–Trinajstić information content (AvgIpc) is 3.53. The molecule has 462 valence electrons.